The average molecular weight is 235 g/mol. The Balaban J connectivity index is 1.99. The van der Waals surface area contributed by atoms with E-state index in [-0.39, 0.29) is 0 Å². The molecule has 16 heavy (non-hydrogen) atoms. The van der Waals surface area contributed by atoms with Crippen molar-refractivity contribution in [2.24, 2.45) is 0 Å². The van der Waals surface area contributed by atoms with E-state index in [0.717, 1.165) is 17.4 Å². The van der Waals surface area contributed by atoms with Crippen molar-refractivity contribution in [2.45, 2.75) is 13.5 Å². The van der Waals surface area contributed by atoms with Crippen LogP contribution in [0.2, 0.25) is 0 Å². The van der Waals surface area contributed by atoms with E-state index >= 15 is 0 Å². The van der Waals surface area contributed by atoms with Crippen LogP contribution in [0.4, 0.5) is 11.8 Å². The average Bonchev–Trinajstić information content (AvgIpc) is 2.73. The zero-order valence-electron chi connectivity index (χ0n) is 9.19. The Hall–Kier alpha value is -1.69. The van der Waals surface area contributed by atoms with E-state index in [4.69, 9.17) is 0 Å². The molecule has 0 amide bonds. The van der Waals surface area contributed by atoms with Crippen molar-refractivity contribution in [1.29, 1.82) is 0 Å². The molecule has 5 nitrogen and oxygen atoms in total. The van der Waals surface area contributed by atoms with Crippen LogP contribution < -0.4 is 10.6 Å². The molecule has 0 spiro atoms. The van der Waals surface area contributed by atoms with E-state index in [0.29, 0.717) is 5.95 Å². The summed E-state index contributed by atoms with van der Waals surface area (Å²) in [5.41, 5.74) is 0. The van der Waals surface area contributed by atoms with Gasteiger partial charge in [-0.2, -0.15) is 4.98 Å². The summed E-state index contributed by atoms with van der Waals surface area (Å²) in [7, 11) is 1.80. The van der Waals surface area contributed by atoms with Gasteiger partial charge in [0.2, 0.25) is 5.95 Å². The molecule has 0 aromatic carbocycles. The third-order valence-corrected chi connectivity index (χ3v) is 2.90. The number of nitrogens with one attached hydrogen (secondary N) is 2. The van der Waals surface area contributed by atoms with Crippen molar-refractivity contribution in [3.8, 4) is 0 Å². The first kappa shape index (κ1) is 10.8. The van der Waals surface area contributed by atoms with E-state index in [9.17, 15) is 0 Å². The molecule has 2 heterocycles. The van der Waals surface area contributed by atoms with Crippen LogP contribution >= 0.6 is 11.3 Å². The van der Waals surface area contributed by atoms with Gasteiger partial charge in [-0.25, -0.2) is 9.97 Å². The molecule has 84 valence electrons. The van der Waals surface area contributed by atoms with Crippen molar-refractivity contribution in [2.75, 3.05) is 17.7 Å². The van der Waals surface area contributed by atoms with E-state index in [2.05, 4.69) is 25.6 Å². The lowest BCUT2D eigenvalue weighted by atomic mass is 10.5. The van der Waals surface area contributed by atoms with Gasteiger partial charge in [-0.3, -0.25) is 0 Å². The maximum Gasteiger partial charge on any atom is 0.224 e. The van der Waals surface area contributed by atoms with Gasteiger partial charge in [0.25, 0.3) is 0 Å². The number of aryl methyl sites for hydroxylation is 1. The van der Waals surface area contributed by atoms with E-state index in [1.54, 1.807) is 24.6 Å². The second kappa shape index (κ2) is 4.89. The first-order valence-electron chi connectivity index (χ1n) is 4.94. The third-order valence-electron chi connectivity index (χ3n) is 1.99. The fourth-order valence-electron chi connectivity index (χ4n) is 1.24. The van der Waals surface area contributed by atoms with Crippen LogP contribution in [0.1, 0.15) is 9.88 Å². The molecule has 0 bridgehead atoms. The Morgan fingerprint density at radius 3 is 2.94 bits per heavy atom. The summed E-state index contributed by atoms with van der Waals surface area (Å²) in [6.07, 6.45) is 3.60. The molecule has 0 atom stereocenters. The van der Waals surface area contributed by atoms with Crippen LogP contribution in [0.15, 0.2) is 18.5 Å². The maximum atomic E-state index is 4.26. The Labute approximate surface area is 98.0 Å². The number of hydrogen-bond acceptors (Lipinski definition) is 6. The summed E-state index contributed by atoms with van der Waals surface area (Å²) >= 11 is 1.68. The maximum absolute atomic E-state index is 4.26. The molecular formula is C10H13N5S. The molecule has 0 aliphatic rings. The SMILES string of the molecule is CNc1nccc(NCc2cnc(C)s2)n1. The van der Waals surface area contributed by atoms with Gasteiger partial charge in [0.05, 0.1) is 11.6 Å². The number of thiazole rings is 1. The molecule has 0 saturated carbocycles. The predicted molar refractivity (Wildman–Crippen MR) is 65.8 cm³/mol. The fourth-order valence-corrected chi connectivity index (χ4v) is 1.98. The van der Waals surface area contributed by atoms with Crippen LogP contribution in [-0.4, -0.2) is 22.0 Å². The van der Waals surface area contributed by atoms with E-state index < -0.39 is 0 Å². The summed E-state index contributed by atoms with van der Waals surface area (Å²) < 4.78 is 0. The minimum Gasteiger partial charge on any atom is -0.365 e. The van der Waals surface area contributed by atoms with Crippen LogP contribution in [0.25, 0.3) is 0 Å². The second-order valence-electron chi connectivity index (χ2n) is 3.21. The molecule has 2 aromatic rings. The number of rotatable bonds is 4. The quantitative estimate of drug-likeness (QED) is 0.847. The number of anilines is 2. The summed E-state index contributed by atoms with van der Waals surface area (Å²) in [4.78, 5) is 13.7. The van der Waals surface area contributed by atoms with Crippen molar-refractivity contribution < 1.29 is 0 Å². The van der Waals surface area contributed by atoms with Gasteiger partial charge in [0.1, 0.15) is 5.82 Å². The highest BCUT2D eigenvalue weighted by Gasteiger charge is 2.00. The van der Waals surface area contributed by atoms with Crippen molar-refractivity contribution in [3.63, 3.8) is 0 Å². The van der Waals surface area contributed by atoms with Crippen LogP contribution in [0.5, 0.6) is 0 Å². The number of hydrogen-bond donors (Lipinski definition) is 2. The minimum absolute atomic E-state index is 0.616. The predicted octanol–water partition coefficient (Wildman–Crippen LogP) is 1.90. The third kappa shape index (κ3) is 2.66. The first-order valence-corrected chi connectivity index (χ1v) is 5.75. The molecule has 6 heteroatoms. The topological polar surface area (TPSA) is 62.7 Å². The van der Waals surface area contributed by atoms with E-state index in [1.807, 2.05) is 19.2 Å². The van der Waals surface area contributed by atoms with E-state index in [1.165, 1.54) is 4.88 Å². The van der Waals surface area contributed by atoms with Gasteiger partial charge in [-0.05, 0) is 13.0 Å². The van der Waals surface area contributed by atoms with Crippen molar-refractivity contribution in [1.82, 2.24) is 15.0 Å². The highest BCUT2D eigenvalue weighted by atomic mass is 32.1. The molecule has 2 rings (SSSR count). The first-order chi connectivity index (χ1) is 7.78. The molecule has 0 saturated heterocycles. The summed E-state index contributed by atoms with van der Waals surface area (Å²) in [6, 6.07) is 1.84. The lowest BCUT2D eigenvalue weighted by Crippen LogP contribution is -2.03. The van der Waals surface area contributed by atoms with Gasteiger partial charge < -0.3 is 10.6 Å². The molecule has 2 aromatic heterocycles. The van der Waals surface area contributed by atoms with Gasteiger partial charge >= 0.3 is 0 Å². The minimum atomic E-state index is 0.616. The van der Waals surface area contributed by atoms with Crippen LogP contribution in [0.3, 0.4) is 0 Å². The fraction of sp³-hybridized carbons (Fsp3) is 0.300. The van der Waals surface area contributed by atoms with Crippen molar-refractivity contribution in [3.05, 3.63) is 28.3 Å². The van der Waals surface area contributed by atoms with Crippen LogP contribution in [0, 0.1) is 6.92 Å². The molecule has 0 radical (unpaired) electrons. The van der Waals surface area contributed by atoms with Gasteiger partial charge in [-0.15, -0.1) is 11.3 Å². The zero-order valence-corrected chi connectivity index (χ0v) is 10.0. The summed E-state index contributed by atoms with van der Waals surface area (Å²) in [6.45, 7) is 2.74. The normalized spacial score (nSPS) is 10.1. The summed E-state index contributed by atoms with van der Waals surface area (Å²) in [5, 5.41) is 7.21. The molecule has 2 N–H and O–H groups in total. The number of nitrogens with zero attached hydrogens (tertiary/aromatic N) is 3. The Bertz CT molecular complexity index is 468. The zero-order chi connectivity index (χ0) is 11.4. The number of aromatic nitrogens is 3. The molecule has 0 fully saturated rings. The van der Waals surface area contributed by atoms with Gasteiger partial charge in [-0.1, -0.05) is 0 Å². The standard InChI is InChI=1S/C10H13N5S/c1-7-13-5-8(16-7)6-14-9-3-4-12-10(11-2)15-9/h3-5H,6H2,1-2H3,(H2,11,12,14,15). The molecule has 0 unspecified atom stereocenters. The highest BCUT2D eigenvalue weighted by Crippen LogP contribution is 2.13. The van der Waals surface area contributed by atoms with Crippen molar-refractivity contribution >= 4 is 23.1 Å². The van der Waals surface area contributed by atoms with Gasteiger partial charge in [0, 0.05) is 24.3 Å². The molecular weight excluding hydrogens is 222 g/mol. The second-order valence-corrected chi connectivity index (χ2v) is 4.53. The largest absolute Gasteiger partial charge is 0.365 e. The Morgan fingerprint density at radius 2 is 2.25 bits per heavy atom. The smallest absolute Gasteiger partial charge is 0.224 e. The highest BCUT2D eigenvalue weighted by molar-refractivity contribution is 7.11. The monoisotopic (exact) mass is 235 g/mol. The molecule has 0 aliphatic heterocycles. The molecule has 0 aliphatic carbocycles. The summed E-state index contributed by atoms with van der Waals surface area (Å²) in [5.74, 6) is 1.43. The Kier molecular flexibility index (Phi) is 3.31. The van der Waals surface area contributed by atoms with Gasteiger partial charge in [0.15, 0.2) is 0 Å². The Morgan fingerprint density at radius 1 is 1.38 bits per heavy atom. The lowest BCUT2D eigenvalue weighted by molar-refractivity contribution is 1.09. The van der Waals surface area contributed by atoms with Crippen LogP contribution in [-0.2, 0) is 6.54 Å². The lowest BCUT2D eigenvalue weighted by Gasteiger charge is -2.04.